The van der Waals surface area contributed by atoms with Gasteiger partial charge in [0.05, 0.1) is 38.9 Å². The Balaban J connectivity index is 1.82. The number of aromatic nitrogens is 3. The molecule has 2 rings (SSSR count). The van der Waals surface area contributed by atoms with E-state index in [2.05, 4.69) is 20.9 Å². The minimum Gasteiger partial charge on any atom is -0.349 e. The fourth-order valence-corrected chi connectivity index (χ4v) is 1.67. The molecule has 0 unspecified atom stereocenters. The summed E-state index contributed by atoms with van der Waals surface area (Å²) in [6, 6.07) is -0.398. The second-order valence-electron chi connectivity index (χ2n) is 4.16. The van der Waals surface area contributed by atoms with Crippen molar-refractivity contribution >= 4 is 17.8 Å². The second-order valence-corrected chi connectivity index (χ2v) is 4.16. The molecule has 0 atom stereocenters. The molecular formula is C10H15N7O3. The molecule has 20 heavy (non-hydrogen) atoms. The molecule has 2 heterocycles. The molecule has 1 saturated heterocycles. The number of carbonyl (C=O) groups excluding carboxylic acids is 3. The number of imide groups is 1. The highest BCUT2D eigenvalue weighted by Gasteiger charge is 2.27. The maximum atomic E-state index is 11.4. The number of nitrogens with one attached hydrogen (secondary N) is 2. The number of nitrogens with two attached hydrogens (primary N) is 1. The van der Waals surface area contributed by atoms with Crippen molar-refractivity contribution < 1.29 is 14.4 Å². The minimum atomic E-state index is -0.398. The smallest absolute Gasteiger partial charge is 0.324 e. The molecule has 0 radical (unpaired) electrons. The van der Waals surface area contributed by atoms with E-state index >= 15 is 0 Å². The van der Waals surface area contributed by atoms with Crippen molar-refractivity contribution in [3.63, 3.8) is 0 Å². The van der Waals surface area contributed by atoms with Gasteiger partial charge in [-0.3, -0.25) is 19.2 Å². The molecule has 0 aliphatic carbocycles. The number of amides is 4. The molecular weight excluding hydrogens is 266 g/mol. The van der Waals surface area contributed by atoms with E-state index in [4.69, 9.17) is 5.73 Å². The molecule has 10 nitrogen and oxygen atoms in total. The van der Waals surface area contributed by atoms with Gasteiger partial charge in [-0.1, -0.05) is 5.21 Å². The Hall–Kier alpha value is -2.49. The molecule has 0 saturated carbocycles. The van der Waals surface area contributed by atoms with E-state index in [1.807, 2.05) is 0 Å². The van der Waals surface area contributed by atoms with E-state index in [0.29, 0.717) is 12.2 Å². The fourth-order valence-electron chi connectivity index (χ4n) is 1.67. The molecule has 0 spiro atoms. The van der Waals surface area contributed by atoms with Gasteiger partial charge in [-0.15, -0.1) is 5.10 Å². The van der Waals surface area contributed by atoms with Gasteiger partial charge in [0.2, 0.25) is 11.8 Å². The van der Waals surface area contributed by atoms with E-state index in [0.717, 1.165) is 4.90 Å². The lowest BCUT2D eigenvalue weighted by Gasteiger charge is -2.11. The Labute approximate surface area is 114 Å². The predicted octanol–water partition coefficient (Wildman–Crippen LogP) is -2.60. The van der Waals surface area contributed by atoms with Crippen LogP contribution in [0.5, 0.6) is 0 Å². The van der Waals surface area contributed by atoms with Crippen LogP contribution in [-0.2, 0) is 22.7 Å². The summed E-state index contributed by atoms with van der Waals surface area (Å²) in [7, 11) is 0. The second kappa shape index (κ2) is 6.10. The van der Waals surface area contributed by atoms with Crippen molar-refractivity contribution in [3.8, 4) is 0 Å². The zero-order valence-electron chi connectivity index (χ0n) is 10.7. The molecule has 0 aromatic carbocycles. The van der Waals surface area contributed by atoms with Crippen molar-refractivity contribution in [3.05, 3.63) is 11.9 Å². The summed E-state index contributed by atoms with van der Waals surface area (Å²) in [5, 5.41) is 12.7. The minimum absolute atomic E-state index is 0.0343. The van der Waals surface area contributed by atoms with Crippen molar-refractivity contribution in [2.45, 2.75) is 13.1 Å². The quantitative estimate of drug-likeness (QED) is 0.489. The van der Waals surface area contributed by atoms with Crippen molar-refractivity contribution in [1.82, 2.24) is 30.5 Å². The first kappa shape index (κ1) is 13.9. The van der Waals surface area contributed by atoms with Crippen LogP contribution in [0.2, 0.25) is 0 Å². The van der Waals surface area contributed by atoms with Crippen LogP contribution in [0.1, 0.15) is 5.69 Å². The lowest BCUT2D eigenvalue weighted by molar-refractivity contribution is -0.125. The van der Waals surface area contributed by atoms with Crippen LogP contribution in [-0.4, -0.2) is 57.4 Å². The van der Waals surface area contributed by atoms with Gasteiger partial charge in [0, 0.05) is 0 Å². The molecule has 1 aliphatic heterocycles. The molecule has 1 aromatic heterocycles. The third-order valence-electron chi connectivity index (χ3n) is 2.73. The number of hydrogen-bond acceptors (Lipinski definition) is 6. The summed E-state index contributed by atoms with van der Waals surface area (Å²) in [6.45, 7) is 0.756. The van der Waals surface area contributed by atoms with Crippen LogP contribution in [0, 0.1) is 0 Å². The fraction of sp³-hybridized carbons (Fsp3) is 0.500. The van der Waals surface area contributed by atoms with Gasteiger partial charge >= 0.3 is 6.03 Å². The highest BCUT2D eigenvalue weighted by molar-refractivity contribution is 6.01. The molecule has 1 aliphatic rings. The van der Waals surface area contributed by atoms with Crippen molar-refractivity contribution in [1.29, 1.82) is 0 Å². The van der Waals surface area contributed by atoms with Crippen LogP contribution in [0.15, 0.2) is 6.20 Å². The number of rotatable bonds is 6. The van der Waals surface area contributed by atoms with Gasteiger partial charge in [-0.05, 0) is 0 Å². The van der Waals surface area contributed by atoms with Crippen LogP contribution < -0.4 is 16.4 Å². The molecule has 108 valence electrons. The number of nitrogens with zero attached hydrogens (tertiary/aromatic N) is 4. The van der Waals surface area contributed by atoms with E-state index in [-0.39, 0.29) is 38.0 Å². The monoisotopic (exact) mass is 281 g/mol. The standard InChI is InChI=1S/C10H15N7O3/c11-3-8(18)12-4-7-6-16(15-14-7)1-2-17-9(19)5-13-10(17)20/h6H,1-5,11H2,(H,12,18)(H,13,20). The zero-order valence-corrected chi connectivity index (χ0v) is 10.7. The Morgan fingerprint density at radius 1 is 1.45 bits per heavy atom. The van der Waals surface area contributed by atoms with E-state index in [9.17, 15) is 14.4 Å². The van der Waals surface area contributed by atoms with Gasteiger partial charge < -0.3 is 16.4 Å². The van der Waals surface area contributed by atoms with Gasteiger partial charge in [-0.2, -0.15) is 0 Å². The average molecular weight is 281 g/mol. The highest BCUT2D eigenvalue weighted by atomic mass is 16.2. The first-order valence-corrected chi connectivity index (χ1v) is 6.04. The van der Waals surface area contributed by atoms with Gasteiger partial charge in [-0.25, -0.2) is 4.79 Å². The maximum absolute atomic E-state index is 11.4. The summed E-state index contributed by atoms with van der Waals surface area (Å²) in [6.07, 6.45) is 1.63. The molecule has 0 bridgehead atoms. The van der Waals surface area contributed by atoms with Crippen LogP contribution in [0.4, 0.5) is 4.79 Å². The lowest BCUT2D eigenvalue weighted by Crippen LogP contribution is -2.34. The van der Waals surface area contributed by atoms with Crippen LogP contribution in [0.25, 0.3) is 0 Å². The highest BCUT2D eigenvalue weighted by Crippen LogP contribution is 2.00. The van der Waals surface area contributed by atoms with E-state index in [1.54, 1.807) is 6.20 Å². The van der Waals surface area contributed by atoms with E-state index in [1.165, 1.54) is 4.68 Å². The van der Waals surface area contributed by atoms with Crippen molar-refractivity contribution in [2.24, 2.45) is 5.73 Å². The average Bonchev–Trinajstić information content (AvgIpc) is 3.02. The third-order valence-corrected chi connectivity index (χ3v) is 2.73. The summed E-state index contributed by atoms with van der Waals surface area (Å²) in [5.74, 6) is -0.538. The summed E-state index contributed by atoms with van der Waals surface area (Å²) in [4.78, 5) is 34.8. The van der Waals surface area contributed by atoms with Crippen LogP contribution in [0.3, 0.4) is 0 Å². The first-order valence-electron chi connectivity index (χ1n) is 6.04. The summed E-state index contributed by atoms with van der Waals surface area (Å²) < 4.78 is 1.50. The first-order chi connectivity index (χ1) is 9.60. The molecule has 4 N–H and O–H groups in total. The summed E-state index contributed by atoms with van der Waals surface area (Å²) in [5.41, 5.74) is 5.73. The Bertz CT molecular complexity index is 511. The number of hydrogen-bond donors (Lipinski definition) is 3. The third kappa shape index (κ3) is 3.29. The molecule has 4 amide bonds. The number of carbonyl (C=O) groups is 3. The Kier molecular flexibility index (Phi) is 4.25. The Morgan fingerprint density at radius 3 is 2.90 bits per heavy atom. The molecule has 10 heteroatoms. The molecule has 1 aromatic rings. The number of urea groups is 1. The predicted molar refractivity (Wildman–Crippen MR) is 66.0 cm³/mol. The Morgan fingerprint density at radius 2 is 2.25 bits per heavy atom. The van der Waals surface area contributed by atoms with Gasteiger partial charge in [0.15, 0.2) is 0 Å². The largest absolute Gasteiger partial charge is 0.349 e. The van der Waals surface area contributed by atoms with Crippen LogP contribution >= 0.6 is 0 Å². The molecule has 1 fully saturated rings. The van der Waals surface area contributed by atoms with E-state index < -0.39 is 6.03 Å². The normalized spacial score (nSPS) is 14.6. The summed E-state index contributed by atoms with van der Waals surface area (Å²) >= 11 is 0. The maximum Gasteiger partial charge on any atom is 0.324 e. The van der Waals surface area contributed by atoms with Gasteiger partial charge in [0.25, 0.3) is 0 Å². The SMILES string of the molecule is NCC(=O)NCc1cn(CCN2C(=O)CNC2=O)nn1. The van der Waals surface area contributed by atoms with Crippen molar-refractivity contribution in [2.75, 3.05) is 19.6 Å². The zero-order chi connectivity index (χ0) is 14.5. The van der Waals surface area contributed by atoms with Gasteiger partial charge in [0.1, 0.15) is 5.69 Å². The topological polar surface area (TPSA) is 135 Å². The lowest BCUT2D eigenvalue weighted by atomic mass is 10.4.